The summed E-state index contributed by atoms with van der Waals surface area (Å²) in [6, 6.07) is 14.5. The molecule has 1 atom stereocenters. The van der Waals surface area contributed by atoms with Gasteiger partial charge in [-0.05, 0) is 31.0 Å². The van der Waals surface area contributed by atoms with E-state index in [1.54, 1.807) is 11.3 Å². The van der Waals surface area contributed by atoms with E-state index in [-0.39, 0.29) is 11.9 Å². The number of carbonyl (C=O) groups is 1. The minimum atomic E-state index is 0.0590. The normalized spacial score (nSPS) is 12.3. The monoisotopic (exact) mass is 288 g/mol. The Morgan fingerprint density at radius 1 is 1.25 bits per heavy atom. The second kappa shape index (κ2) is 7.22. The van der Waals surface area contributed by atoms with E-state index in [2.05, 4.69) is 29.3 Å². The van der Waals surface area contributed by atoms with E-state index in [0.29, 0.717) is 13.1 Å². The number of nitrogens with one attached hydrogen (secondary N) is 1. The Morgan fingerprint density at radius 2 is 2.00 bits per heavy atom. The van der Waals surface area contributed by atoms with Crippen molar-refractivity contribution in [2.45, 2.75) is 19.5 Å². The SMILES string of the molecule is CC(c1ccccc1)N(C)CC(=O)NCc1cccs1. The van der Waals surface area contributed by atoms with Crippen LogP contribution >= 0.6 is 11.3 Å². The Balaban J connectivity index is 1.81. The van der Waals surface area contributed by atoms with E-state index >= 15 is 0 Å². The van der Waals surface area contributed by atoms with Crippen LogP contribution in [0.15, 0.2) is 47.8 Å². The van der Waals surface area contributed by atoms with Crippen molar-refractivity contribution in [3.05, 3.63) is 58.3 Å². The van der Waals surface area contributed by atoms with Crippen LogP contribution in [0.1, 0.15) is 23.4 Å². The van der Waals surface area contributed by atoms with Crippen molar-refractivity contribution in [1.82, 2.24) is 10.2 Å². The van der Waals surface area contributed by atoms with Gasteiger partial charge in [0, 0.05) is 10.9 Å². The molecule has 0 fully saturated rings. The third-order valence-corrected chi connectivity index (χ3v) is 4.25. The van der Waals surface area contributed by atoms with Gasteiger partial charge in [-0.3, -0.25) is 9.69 Å². The predicted molar refractivity (Wildman–Crippen MR) is 83.7 cm³/mol. The first-order valence-corrected chi connectivity index (χ1v) is 7.59. The third-order valence-electron chi connectivity index (χ3n) is 3.38. The zero-order valence-electron chi connectivity index (χ0n) is 11.9. The van der Waals surface area contributed by atoms with Gasteiger partial charge in [-0.2, -0.15) is 0 Å². The molecule has 1 amide bonds. The standard InChI is InChI=1S/C16H20N2OS/c1-13(14-7-4-3-5-8-14)18(2)12-16(19)17-11-15-9-6-10-20-15/h3-10,13H,11-12H2,1-2H3,(H,17,19). The van der Waals surface area contributed by atoms with E-state index in [1.807, 2.05) is 42.8 Å². The molecular formula is C16H20N2OS. The molecule has 0 saturated carbocycles. The molecule has 106 valence electrons. The molecule has 0 bridgehead atoms. The molecule has 0 saturated heterocycles. The van der Waals surface area contributed by atoms with Gasteiger partial charge in [0.1, 0.15) is 0 Å². The second-order valence-corrected chi connectivity index (χ2v) is 5.89. The number of benzene rings is 1. The molecule has 0 radical (unpaired) electrons. The van der Waals surface area contributed by atoms with Crippen LogP contribution in [0.4, 0.5) is 0 Å². The van der Waals surface area contributed by atoms with E-state index in [9.17, 15) is 4.79 Å². The highest BCUT2D eigenvalue weighted by molar-refractivity contribution is 7.09. The lowest BCUT2D eigenvalue weighted by Gasteiger charge is -2.24. The van der Waals surface area contributed by atoms with Gasteiger partial charge in [0.25, 0.3) is 0 Å². The number of amides is 1. The Kier molecular flexibility index (Phi) is 5.32. The molecule has 1 aromatic carbocycles. The van der Waals surface area contributed by atoms with Crippen molar-refractivity contribution in [2.75, 3.05) is 13.6 Å². The fourth-order valence-corrected chi connectivity index (χ4v) is 2.65. The Bertz CT molecular complexity index is 525. The Labute approximate surface area is 124 Å². The van der Waals surface area contributed by atoms with Gasteiger partial charge < -0.3 is 5.32 Å². The Hall–Kier alpha value is -1.65. The summed E-state index contributed by atoms with van der Waals surface area (Å²) in [6.45, 7) is 3.13. The van der Waals surface area contributed by atoms with Crippen LogP contribution in [0.3, 0.4) is 0 Å². The van der Waals surface area contributed by atoms with Crippen LogP contribution in [-0.4, -0.2) is 24.4 Å². The number of hydrogen-bond donors (Lipinski definition) is 1. The molecule has 4 heteroatoms. The molecule has 2 aromatic rings. The molecule has 0 spiro atoms. The van der Waals surface area contributed by atoms with E-state index in [0.717, 1.165) is 0 Å². The molecule has 1 heterocycles. The maximum atomic E-state index is 11.9. The zero-order chi connectivity index (χ0) is 14.4. The van der Waals surface area contributed by atoms with Crippen molar-refractivity contribution in [1.29, 1.82) is 0 Å². The van der Waals surface area contributed by atoms with Crippen molar-refractivity contribution in [3.8, 4) is 0 Å². The van der Waals surface area contributed by atoms with Gasteiger partial charge in [0.15, 0.2) is 0 Å². The van der Waals surface area contributed by atoms with Crippen LogP contribution in [0.2, 0.25) is 0 Å². The lowest BCUT2D eigenvalue weighted by molar-refractivity contribution is -0.122. The molecule has 0 aliphatic carbocycles. The lowest BCUT2D eigenvalue weighted by atomic mass is 10.1. The number of rotatable bonds is 6. The van der Waals surface area contributed by atoms with Crippen molar-refractivity contribution < 1.29 is 4.79 Å². The average molecular weight is 288 g/mol. The van der Waals surface area contributed by atoms with Crippen LogP contribution in [-0.2, 0) is 11.3 Å². The van der Waals surface area contributed by atoms with Crippen molar-refractivity contribution >= 4 is 17.2 Å². The molecule has 20 heavy (non-hydrogen) atoms. The molecule has 1 unspecified atom stereocenters. The smallest absolute Gasteiger partial charge is 0.234 e. The fourth-order valence-electron chi connectivity index (χ4n) is 2.00. The molecule has 2 rings (SSSR count). The number of likely N-dealkylation sites (N-methyl/N-ethyl adjacent to an activating group) is 1. The Morgan fingerprint density at radius 3 is 2.65 bits per heavy atom. The van der Waals surface area contributed by atoms with Crippen LogP contribution in [0.5, 0.6) is 0 Å². The summed E-state index contributed by atoms with van der Waals surface area (Å²) in [5.74, 6) is 0.0590. The third kappa shape index (κ3) is 4.18. The van der Waals surface area contributed by atoms with Gasteiger partial charge >= 0.3 is 0 Å². The van der Waals surface area contributed by atoms with Crippen molar-refractivity contribution in [2.24, 2.45) is 0 Å². The van der Waals surface area contributed by atoms with Crippen molar-refractivity contribution in [3.63, 3.8) is 0 Å². The average Bonchev–Trinajstić information content (AvgIpc) is 2.98. The number of hydrogen-bond acceptors (Lipinski definition) is 3. The summed E-state index contributed by atoms with van der Waals surface area (Å²) >= 11 is 1.66. The van der Waals surface area contributed by atoms with Crippen LogP contribution in [0, 0.1) is 0 Å². The van der Waals surface area contributed by atoms with Crippen LogP contribution < -0.4 is 5.32 Å². The van der Waals surface area contributed by atoms with Gasteiger partial charge in [-0.25, -0.2) is 0 Å². The minimum Gasteiger partial charge on any atom is -0.350 e. The van der Waals surface area contributed by atoms with E-state index in [1.165, 1.54) is 10.4 Å². The largest absolute Gasteiger partial charge is 0.350 e. The summed E-state index contributed by atoms with van der Waals surface area (Å²) in [5, 5.41) is 4.97. The molecule has 0 aliphatic heterocycles. The first-order chi connectivity index (χ1) is 9.66. The highest BCUT2D eigenvalue weighted by atomic mass is 32.1. The number of thiophene rings is 1. The number of nitrogens with zero attached hydrogens (tertiary/aromatic N) is 1. The van der Waals surface area contributed by atoms with Gasteiger partial charge in [0.05, 0.1) is 13.1 Å². The zero-order valence-corrected chi connectivity index (χ0v) is 12.7. The van der Waals surface area contributed by atoms with Gasteiger partial charge in [-0.1, -0.05) is 36.4 Å². The molecule has 1 N–H and O–H groups in total. The summed E-state index contributed by atoms with van der Waals surface area (Å²) in [5.41, 5.74) is 1.22. The maximum absolute atomic E-state index is 11.9. The summed E-state index contributed by atoms with van der Waals surface area (Å²) in [7, 11) is 1.97. The topological polar surface area (TPSA) is 32.3 Å². The molecule has 3 nitrogen and oxygen atoms in total. The van der Waals surface area contributed by atoms with Gasteiger partial charge in [-0.15, -0.1) is 11.3 Å². The lowest BCUT2D eigenvalue weighted by Crippen LogP contribution is -2.35. The highest BCUT2D eigenvalue weighted by Crippen LogP contribution is 2.17. The maximum Gasteiger partial charge on any atom is 0.234 e. The quantitative estimate of drug-likeness (QED) is 0.886. The fraction of sp³-hybridized carbons (Fsp3) is 0.312. The minimum absolute atomic E-state index is 0.0590. The van der Waals surface area contributed by atoms with Gasteiger partial charge in [0.2, 0.25) is 5.91 Å². The summed E-state index contributed by atoms with van der Waals surface area (Å²) in [4.78, 5) is 15.2. The molecular weight excluding hydrogens is 268 g/mol. The first-order valence-electron chi connectivity index (χ1n) is 6.71. The van der Waals surface area contributed by atoms with Crippen LogP contribution in [0.25, 0.3) is 0 Å². The molecule has 1 aromatic heterocycles. The number of carbonyl (C=O) groups excluding carboxylic acids is 1. The predicted octanol–water partition coefficient (Wildman–Crippen LogP) is 3.06. The van der Waals surface area contributed by atoms with E-state index < -0.39 is 0 Å². The summed E-state index contributed by atoms with van der Waals surface area (Å²) < 4.78 is 0. The summed E-state index contributed by atoms with van der Waals surface area (Å²) in [6.07, 6.45) is 0. The second-order valence-electron chi connectivity index (χ2n) is 4.86. The molecule has 0 aliphatic rings. The first kappa shape index (κ1) is 14.8. The van der Waals surface area contributed by atoms with E-state index in [4.69, 9.17) is 0 Å². The highest BCUT2D eigenvalue weighted by Gasteiger charge is 2.14.